The maximum absolute atomic E-state index is 13.1. The summed E-state index contributed by atoms with van der Waals surface area (Å²) in [6.45, 7) is 0. The summed E-state index contributed by atoms with van der Waals surface area (Å²) in [5, 5.41) is 8.93. The first-order chi connectivity index (χ1) is 6.18. The van der Waals surface area contributed by atoms with Gasteiger partial charge in [0, 0.05) is 10.9 Å². The number of halogens is 1. The van der Waals surface area contributed by atoms with Gasteiger partial charge >= 0.3 is 5.97 Å². The SMILES string of the molecule is O=C(O)c1cc2c(F)cccc2[nH]1. The Labute approximate surface area is 72.8 Å². The fourth-order valence-corrected chi connectivity index (χ4v) is 1.23. The van der Waals surface area contributed by atoms with Crippen LogP contribution in [-0.2, 0) is 0 Å². The first-order valence-electron chi connectivity index (χ1n) is 3.69. The van der Waals surface area contributed by atoms with Crippen molar-refractivity contribution >= 4 is 16.9 Å². The van der Waals surface area contributed by atoms with Gasteiger partial charge in [-0.1, -0.05) is 6.07 Å². The van der Waals surface area contributed by atoms with Crippen molar-refractivity contribution in [2.45, 2.75) is 0 Å². The molecule has 2 aromatic rings. The molecule has 1 aromatic heterocycles. The van der Waals surface area contributed by atoms with E-state index < -0.39 is 11.8 Å². The van der Waals surface area contributed by atoms with Gasteiger partial charge in [0.05, 0.1) is 0 Å². The Bertz CT molecular complexity index is 475. The van der Waals surface area contributed by atoms with Crippen LogP contribution in [0.1, 0.15) is 10.5 Å². The zero-order valence-corrected chi connectivity index (χ0v) is 6.54. The van der Waals surface area contributed by atoms with Crippen molar-refractivity contribution < 1.29 is 14.3 Å². The number of benzene rings is 1. The topological polar surface area (TPSA) is 53.1 Å². The molecule has 4 heteroatoms. The molecular formula is C9H6FNO2. The Kier molecular flexibility index (Phi) is 1.55. The van der Waals surface area contributed by atoms with E-state index in [1.54, 1.807) is 6.07 Å². The van der Waals surface area contributed by atoms with Gasteiger partial charge in [-0.2, -0.15) is 0 Å². The van der Waals surface area contributed by atoms with Crippen LogP contribution in [0.2, 0.25) is 0 Å². The standard InChI is InChI=1S/C9H6FNO2/c10-6-2-1-3-7-5(6)4-8(11-7)9(12)13/h1-4,11H,(H,12,13). The van der Waals surface area contributed by atoms with Crippen LogP contribution in [0, 0.1) is 5.82 Å². The minimum Gasteiger partial charge on any atom is -0.477 e. The quantitative estimate of drug-likeness (QED) is 0.703. The Hall–Kier alpha value is -1.84. The monoisotopic (exact) mass is 179 g/mol. The summed E-state index contributed by atoms with van der Waals surface area (Å²) in [5.74, 6) is -1.50. The summed E-state index contributed by atoms with van der Waals surface area (Å²) in [6.07, 6.45) is 0. The van der Waals surface area contributed by atoms with Crippen LogP contribution in [-0.4, -0.2) is 16.1 Å². The first kappa shape index (κ1) is 7.79. The highest BCUT2D eigenvalue weighted by Gasteiger charge is 2.09. The van der Waals surface area contributed by atoms with Gasteiger partial charge in [-0.05, 0) is 18.2 Å². The van der Waals surface area contributed by atoms with Crippen LogP contribution in [0.25, 0.3) is 10.9 Å². The van der Waals surface area contributed by atoms with Gasteiger partial charge in [-0.3, -0.25) is 0 Å². The van der Waals surface area contributed by atoms with Crippen molar-refractivity contribution in [2.24, 2.45) is 0 Å². The number of aromatic nitrogens is 1. The number of fused-ring (bicyclic) bond motifs is 1. The number of aromatic carboxylic acids is 1. The lowest BCUT2D eigenvalue weighted by Crippen LogP contribution is -1.94. The smallest absolute Gasteiger partial charge is 0.352 e. The molecule has 0 fully saturated rings. The summed E-state index contributed by atoms with van der Waals surface area (Å²) >= 11 is 0. The Balaban J connectivity index is 2.75. The zero-order chi connectivity index (χ0) is 9.42. The summed E-state index contributed by atoms with van der Waals surface area (Å²) in [7, 11) is 0. The van der Waals surface area contributed by atoms with Gasteiger partial charge in [0.1, 0.15) is 11.5 Å². The number of hydrogen-bond acceptors (Lipinski definition) is 1. The van der Waals surface area contributed by atoms with Crippen LogP contribution >= 0.6 is 0 Å². The van der Waals surface area contributed by atoms with Crippen LogP contribution in [0.4, 0.5) is 4.39 Å². The number of aromatic amines is 1. The molecule has 0 atom stereocenters. The molecule has 0 spiro atoms. The average Bonchev–Trinajstić information content (AvgIpc) is 2.49. The maximum atomic E-state index is 13.1. The second kappa shape index (κ2) is 2.58. The Morgan fingerprint density at radius 3 is 2.85 bits per heavy atom. The largest absolute Gasteiger partial charge is 0.477 e. The van der Waals surface area contributed by atoms with Gasteiger partial charge in [0.2, 0.25) is 0 Å². The first-order valence-corrected chi connectivity index (χ1v) is 3.69. The number of carboxylic acids is 1. The molecule has 0 aliphatic carbocycles. The van der Waals surface area contributed by atoms with Gasteiger partial charge in [-0.15, -0.1) is 0 Å². The number of rotatable bonds is 1. The van der Waals surface area contributed by atoms with E-state index in [-0.39, 0.29) is 5.69 Å². The highest BCUT2D eigenvalue weighted by atomic mass is 19.1. The van der Waals surface area contributed by atoms with Crippen LogP contribution in [0.3, 0.4) is 0 Å². The fourth-order valence-electron chi connectivity index (χ4n) is 1.23. The lowest BCUT2D eigenvalue weighted by molar-refractivity contribution is 0.0691. The van der Waals surface area contributed by atoms with E-state index in [2.05, 4.69) is 4.98 Å². The van der Waals surface area contributed by atoms with E-state index in [1.165, 1.54) is 18.2 Å². The third-order valence-corrected chi connectivity index (χ3v) is 1.84. The molecular weight excluding hydrogens is 173 g/mol. The van der Waals surface area contributed by atoms with Gasteiger partial charge in [-0.25, -0.2) is 9.18 Å². The predicted molar refractivity (Wildman–Crippen MR) is 45.2 cm³/mol. The molecule has 0 amide bonds. The van der Waals surface area contributed by atoms with Crippen molar-refractivity contribution in [2.75, 3.05) is 0 Å². The molecule has 0 aliphatic heterocycles. The second-order valence-corrected chi connectivity index (χ2v) is 2.69. The van der Waals surface area contributed by atoms with E-state index in [0.29, 0.717) is 10.9 Å². The summed E-state index contributed by atoms with van der Waals surface area (Å²) in [4.78, 5) is 13.1. The third-order valence-electron chi connectivity index (χ3n) is 1.84. The van der Waals surface area contributed by atoms with Crippen molar-refractivity contribution in [1.82, 2.24) is 4.98 Å². The molecule has 0 aliphatic rings. The highest BCUT2D eigenvalue weighted by molar-refractivity contribution is 5.93. The van der Waals surface area contributed by atoms with Crippen molar-refractivity contribution in [1.29, 1.82) is 0 Å². The highest BCUT2D eigenvalue weighted by Crippen LogP contribution is 2.18. The molecule has 1 heterocycles. The molecule has 66 valence electrons. The van der Waals surface area contributed by atoms with Gasteiger partial charge < -0.3 is 10.1 Å². The normalized spacial score (nSPS) is 10.5. The minimum atomic E-state index is -1.09. The van der Waals surface area contributed by atoms with Crippen LogP contribution in [0.5, 0.6) is 0 Å². The molecule has 0 saturated carbocycles. The van der Waals surface area contributed by atoms with E-state index >= 15 is 0 Å². The number of carboxylic acid groups (broad SMARTS) is 1. The van der Waals surface area contributed by atoms with Crippen LogP contribution < -0.4 is 0 Å². The molecule has 3 nitrogen and oxygen atoms in total. The molecule has 13 heavy (non-hydrogen) atoms. The summed E-state index contributed by atoms with van der Waals surface area (Å²) in [5.41, 5.74) is 0.498. The maximum Gasteiger partial charge on any atom is 0.352 e. The molecule has 1 aromatic carbocycles. The Morgan fingerprint density at radius 1 is 1.46 bits per heavy atom. The zero-order valence-electron chi connectivity index (χ0n) is 6.54. The molecule has 2 N–H and O–H groups in total. The summed E-state index contributed by atoms with van der Waals surface area (Å²) < 4.78 is 13.1. The third kappa shape index (κ3) is 1.16. The van der Waals surface area contributed by atoms with E-state index in [9.17, 15) is 9.18 Å². The van der Waals surface area contributed by atoms with Gasteiger partial charge in [0.15, 0.2) is 0 Å². The number of carbonyl (C=O) groups is 1. The molecule has 0 radical (unpaired) electrons. The van der Waals surface area contributed by atoms with E-state index in [0.717, 1.165) is 0 Å². The predicted octanol–water partition coefficient (Wildman–Crippen LogP) is 2.01. The molecule has 2 rings (SSSR count). The van der Waals surface area contributed by atoms with E-state index in [1.807, 2.05) is 0 Å². The van der Waals surface area contributed by atoms with Crippen LogP contribution in [0.15, 0.2) is 24.3 Å². The minimum absolute atomic E-state index is 0.0000926. The molecule has 0 saturated heterocycles. The Morgan fingerprint density at radius 2 is 2.23 bits per heavy atom. The number of H-pyrrole nitrogens is 1. The van der Waals surface area contributed by atoms with Gasteiger partial charge in [0.25, 0.3) is 0 Å². The molecule has 0 unspecified atom stereocenters. The fraction of sp³-hybridized carbons (Fsp3) is 0. The summed E-state index contributed by atoms with van der Waals surface area (Å²) in [6, 6.07) is 5.74. The average molecular weight is 179 g/mol. The van der Waals surface area contributed by atoms with Crippen molar-refractivity contribution in [3.8, 4) is 0 Å². The lowest BCUT2D eigenvalue weighted by Gasteiger charge is -1.88. The lowest BCUT2D eigenvalue weighted by atomic mass is 10.2. The van der Waals surface area contributed by atoms with E-state index in [4.69, 9.17) is 5.11 Å². The molecule has 0 bridgehead atoms. The van der Waals surface area contributed by atoms with Crippen molar-refractivity contribution in [3.05, 3.63) is 35.8 Å². The number of nitrogens with one attached hydrogen (secondary N) is 1. The number of hydrogen-bond donors (Lipinski definition) is 2. The second-order valence-electron chi connectivity index (χ2n) is 2.69. The van der Waals surface area contributed by atoms with Crippen molar-refractivity contribution in [3.63, 3.8) is 0 Å².